The molecule has 2 aromatic carbocycles. The van der Waals surface area contributed by atoms with Crippen molar-refractivity contribution in [1.82, 2.24) is 5.32 Å². The van der Waals surface area contributed by atoms with E-state index < -0.39 is 0 Å². The zero-order chi connectivity index (χ0) is 14.5. The van der Waals surface area contributed by atoms with Crippen LogP contribution in [-0.4, -0.2) is 13.6 Å². The number of benzene rings is 2. The van der Waals surface area contributed by atoms with E-state index in [0.717, 1.165) is 5.56 Å². The molecule has 0 aromatic heterocycles. The molecule has 2 aromatic rings. The second-order valence-corrected chi connectivity index (χ2v) is 5.58. The molecule has 1 atom stereocenters. The number of halogens is 3. The van der Waals surface area contributed by atoms with Gasteiger partial charge in [-0.25, -0.2) is 8.78 Å². The summed E-state index contributed by atoms with van der Waals surface area (Å²) in [4.78, 5) is 0. The fourth-order valence-electron chi connectivity index (χ4n) is 2.30. The van der Waals surface area contributed by atoms with Crippen LogP contribution in [0.4, 0.5) is 8.78 Å². The van der Waals surface area contributed by atoms with Crippen molar-refractivity contribution in [2.24, 2.45) is 0 Å². The highest BCUT2D eigenvalue weighted by atomic mass is 79.9. The lowest BCUT2D eigenvalue weighted by molar-refractivity contribution is 0.555. The lowest BCUT2D eigenvalue weighted by atomic mass is 9.91. The van der Waals surface area contributed by atoms with Crippen LogP contribution in [0, 0.1) is 11.6 Å². The molecule has 0 aliphatic carbocycles. The molecule has 0 heterocycles. The fraction of sp³-hybridized carbons (Fsp3) is 0.250. The molecule has 0 spiro atoms. The van der Waals surface area contributed by atoms with Crippen LogP contribution in [0.15, 0.2) is 46.9 Å². The van der Waals surface area contributed by atoms with Gasteiger partial charge in [-0.1, -0.05) is 24.3 Å². The molecule has 0 saturated carbocycles. The summed E-state index contributed by atoms with van der Waals surface area (Å²) in [7, 11) is 1.84. The van der Waals surface area contributed by atoms with Crippen LogP contribution in [0.5, 0.6) is 0 Å². The average Bonchev–Trinajstić information content (AvgIpc) is 2.43. The highest BCUT2D eigenvalue weighted by Gasteiger charge is 2.16. The molecular formula is C16H16BrF2N. The molecule has 4 heteroatoms. The standard InChI is InChI=1S/C16H16BrF2N/c1-20-10-12(13-4-2-3-5-15(13)18)8-11-6-7-16(19)14(17)9-11/h2-7,9,12,20H,8,10H2,1H3. The third kappa shape index (κ3) is 3.64. The van der Waals surface area contributed by atoms with Crippen LogP contribution >= 0.6 is 15.9 Å². The summed E-state index contributed by atoms with van der Waals surface area (Å²) < 4.78 is 27.6. The Morgan fingerprint density at radius 1 is 1.10 bits per heavy atom. The van der Waals surface area contributed by atoms with Gasteiger partial charge < -0.3 is 5.32 Å². The Bertz CT molecular complexity index is 586. The fourth-order valence-corrected chi connectivity index (χ4v) is 2.72. The largest absolute Gasteiger partial charge is 0.319 e. The van der Waals surface area contributed by atoms with Crippen molar-refractivity contribution in [2.45, 2.75) is 12.3 Å². The summed E-state index contributed by atoms with van der Waals surface area (Å²) in [5.74, 6) is -0.475. The van der Waals surface area contributed by atoms with Gasteiger partial charge in [0.2, 0.25) is 0 Å². The maximum Gasteiger partial charge on any atom is 0.137 e. The monoisotopic (exact) mass is 339 g/mol. The minimum atomic E-state index is -0.287. The second kappa shape index (κ2) is 6.95. The minimum Gasteiger partial charge on any atom is -0.319 e. The van der Waals surface area contributed by atoms with Crippen molar-refractivity contribution >= 4 is 15.9 Å². The Labute approximate surface area is 126 Å². The SMILES string of the molecule is CNCC(Cc1ccc(F)c(Br)c1)c1ccccc1F. The minimum absolute atomic E-state index is 0.0126. The molecule has 0 aliphatic heterocycles. The second-order valence-electron chi connectivity index (χ2n) is 4.73. The van der Waals surface area contributed by atoms with Crippen LogP contribution < -0.4 is 5.32 Å². The summed E-state index contributed by atoms with van der Waals surface area (Å²) in [6, 6.07) is 11.7. The van der Waals surface area contributed by atoms with Gasteiger partial charge in [0.25, 0.3) is 0 Å². The van der Waals surface area contributed by atoms with Crippen molar-refractivity contribution in [3.8, 4) is 0 Å². The Morgan fingerprint density at radius 2 is 1.85 bits per heavy atom. The maximum absolute atomic E-state index is 13.9. The molecule has 1 N–H and O–H groups in total. The van der Waals surface area contributed by atoms with Crippen LogP contribution in [0.3, 0.4) is 0 Å². The van der Waals surface area contributed by atoms with Gasteiger partial charge in [0, 0.05) is 12.5 Å². The predicted molar refractivity (Wildman–Crippen MR) is 80.9 cm³/mol. The van der Waals surface area contributed by atoms with Gasteiger partial charge in [0.1, 0.15) is 11.6 Å². The van der Waals surface area contributed by atoms with Crippen molar-refractivity contribution in [3.05, 3.63) is 69.7 Å². The summed E-state index contributed by atoms with van der Waals surface area (Å²) in [6.45, 7) is 0.663. The number of hydrogen-bond donors (Lipinski definition) is 1. The lowest BCUT2D eigenvalue weighted by Gasteiger charge is -2.18. The Hall–Kier alpha value is -1.26. The van der Waals surface area contributed by atoms with Crippen LogP contribution in [-0.2, 0) is 6.42 Å². The third-order valence-corrected chi connectivity index (χ3v) is 3.87. The molecule has 1 nitrogen and oxygen atoms in total. The average molecular weight is 340 g/mol. The Kier molecular flexibility index (Phi) is 5.26. The van der Waals surface area contributed by atoms with Crippen LogP contribution in [0.1, 0.15) is 17.0 Å². The summed E-state index contributed by atoms with van der Waals surface area (Å²) in [5, 5.41) is 3.09. The molecule has 0 saturated heterocycles. The third-order valence-electron chi connectivity index (χ3n) is 3.26. The van der Waals surface area contributed by atoms with Gasteiger partial charge in [-0.05, 0) is 58.7 Å². The molecule has 1 unspecified atom stereocenters. The Morgan fingerprint density at radius 3 is 2.50 bits per heavy atom. The van der Waals surface area contributed by atoms with Gasteiger partial charge in [-0.2, -0.15) is 0 Å². The molecule has 0 radical (unpaired) electrons. The molecule has 0 bridgehead atoms. The summed E-state index contributed by atoms with van der Waals surface area (Å²) in [6.07, 6.45) is 0.653. The summed E-state index contributed by atoms with van der Waals surface area (Å²) >= 11 is 3.18. The van der Waals surface area contributed by atoms with Gasteiger partial charge in [0.15, 0.2) is 0 Å². The highest BCUT2D eigenvalue weighted by Crippen LogP contribution is 2.25. The van der Waals surface area contributed by atoms with Crippen LogP contribution in [0.2, 0.25) is 0 Å². The first-order valence-electron chi connectivity index (χ1n) is 6.44. The van der Waals surface area contributed by atoms with Crippen molar-refractivity contribution in [2.75, 3.05) is 13.6 Å². The van der Waals surface area contributed by atoms with Crippen molar-refractivity contribution in [3.63, 3.8) is 0 Å². The van der Waals surface area contributed by atoms with Gasteiger partial charge in [-0.3, -0.25) is 0 Å². The molecular weight excluding hydrogens is 324 g/mol. The number of hydrogen-bond acceptors (Lipinski definition) is 1. The number of likely N-dealkylation sites (N-methyl/N-ethyl adjacent to an activating group) is 1. The number of rotatable bonds is 5. The molecule has 0 fully saturated rings. The smallest absolute Gasteiger partial charge is 0.137 e. The van der Waals surface area contributed by atoms with Gasteiger partial charge >= 0.3 is 0 Å². The first kappa shape index (κ1) is 15.1. The van der Waals surface area contributed by atoms with E-state index in [1.807, 2.05) is 13.1 Å². The Balaban J connectivity index is 2.25. The highest BCUT2D eigenvalue weighted by molar-refractivity contribution is 9.10. The summed E-state index contributed by atoms with van der Waals surface area (Å²) in [5.41, 5.74) is 1.66. The molecule has 106 valence electrons. The topological polar surface area (TPSA) is 12.0 Å². The van der Waals surface area contributed by atoms with Crippen LogP contribution in [0.25, 0.3) is 0 Å². The first-order chi connectivity index (χ1) is 9.61. The van der Waals surface area contributed by atoms with E-state index in [-0.39, 0.29) is 17.6 Å². The van der Waals surface area contributed by atoms with E-state index in [2.05, 4.69) is 21.2 Å². The van der Waals surface area contributed by atoms with E-state index in [9.17, 15) is 8.78 Å². The zero-order valence-corrected chi connectivity index (χ0v) is 12.8. The molecule has 2 rings (SSSR count). The predicted octanol–water partition coefficient (Wildman–Crippen LogP) is 4.27. The molecule has 0 aliphatic rings. The van der Waals surface area contributed by atoms with E-state index in [4.69, 9.17) is 0 Å². The van der Waals surface area contributed by atoms with E-state index in [1.54, 1.807) is 24.3 Å². The first-order valence-corrected chi connectivity index (χ1v) is 7.24. The van der Waals surface area contributed by atoms with Gasteiger partial charge in [0.05, 0.1) is 4.47 Å². The zero-order valence-electron chi connectivity index (χ0n) is 11.2. The van der Waals surface area contributed by atoms with Crippen molar-refractivity contribution in [1.29, 1.82) is 0 Å². The number of nitrogens with one attached hydrogen (secondary N) is 1. The van der Waals surface area contributed by atoms with Gasteiger partial charge in [-0.15, -0.1) is 0 Å². The molecule has 0 amide bonds. The van der Waals surface area contributed by atoms with E-state index in [1.165, 1.54) is 12.1 Å². The quantitative estimate of drug-likeness (QED) is 0.857. The van der Waals surface area contributed by atoms with E-state index >= 15 is 0 Å². The lowest BCUT2D eigenvalue weighted by Crippen LogP contribution is -2.20. The van der Waals surface area contributed by atoms with E-state index in [0.29, 0.717) is 23.0 Å². The molecule has 20 heavy (non-hydrogen) atoms. The van der Waals surface area contributed by atoms with Crippen molar-refractivity contribution < 1.29 is 8.78 Å². The maximum atomic E-state index is 13.9. The normalized spacial score (nSPS) is 12.4.